The van der Waals surface area contributed by atoms with Crippen molar-refractivity contribution in [2.24, 2.45) is 0 Å². The number of nitrogens with one attached hydrogen (secondary N) is 1. The third-order valence-electron chi connectivity index (χ3n) is 5.29. The quantitative estimate of drug-likeness (QED) is 0.376. The third kappa shape index (κ3) is 3.50. The minimum Gasteiger partial charge on any atom is -0.349 e. The molecule has 4 aromatic rings. The van der Waals surface area contributed by atoms with Crippen LogP contribution in [0.3, 0.4) is 0 Å². The predicted molar refractivity (Wildman–Crippen MR) is 123 cm³/mol. The lowest BCUT2D eigenvalue weighted by Crippen LogP contribution is -2.32. The number of fused-ring (bicyclic) bond motifs is 3. The fraction of sp³-hybridized carbons (Fsp3) is 0.261. The van der Waals surface area contributed by atoms with Gasteiger partial charge >= 0.3 is 0 Å². The Kier molecular flexibility index (Phi) is 5.63. The lowest BCUT2D eigenvalue weighted by Gasteiger charge is -2.19. The number of aryl methyl sites for hydroxylation is 1. The highest BCUT2D eigenvalue weighted by Crippen LogP contribution is 2.27. The van der Waals surface area contributed by atoms with Crippen LogP contribution in [-0.2, 0) is 4.79 Å². The van der Waals surface area contributed by atoms with Crippen LogP contribution in [0.1, 0.15) is 19.4 Å². The van der Waals surface area contributed by atoms with Crippen molar-refractivity contribution in [2.75, 3.05) is 18.8 Å². The maximum absolute atomic E-state index is 13.5. The molecule has 0 unspecified atom stereocenters. The number of para-hydroxylation sites is 2. The summed E-state index contributed by atoms with van der Waals surface area (Å²) in [6.45, 7) is 7.22. The van der Waals surface area contributed by atoms with Gasteiger partial charge in [0.25, 0.3) is 5.56 Å². The SMILES string of the molecule is CCN(CC)C(=O)CSc1nc2c([nH]c3ccccc32)c(=O)n1-c1ccccc1C. The molecule has 0 spiro atoms. The van der Waals surface area contributed by atoms with Gasteiger partial charge in [-0.25, -0.2) is 4.98 Å². The Morgan fingerprint density at radius 1 is 1.10 bits per heavy atom. The number of aromatic amines is 1. The molecular weight excluding hydrogens is 396 g/mol. The molecular formula is C23H24N4O2S. The van der Waals surface area contributed by atoms with Crippen molar-refractivity contribution in [3.05, 3.63) is 64.4 Å². The molecule has 2 aromatic heterocycles. The maximum atomic E-state index is 13.5. The second-order valence-electron chi connectivity index (χ2n) is 7.07. The van der Waals surface area contributed by atoms with Gasteiger partial charge in [-0.05, 0) is 38.5 Å². The van der Waals surface area contributed by atoms with E-state index in [-0.39, 0.29) is 17.2 Å². The predicted octanol–water partition coefficient (Wildman–Crippen LogP) is 4.14. The number of aromatic nitrogens is 3. The van der Waals surface area contributed by atoms with Crippen molar-refractivity contribution in [3.8, 4) is 5.69 Å². The summed E-state index contributed by atoms with van der Waals surface area (Å²) in [6.07, 6.45) is 0. The van der Waals surface area contributed by atoms with Gasteiger partial charge in [0.2, 0.25) is 5.91 Å². The summed E-state index contributed by atoms with van der Waals surface area (Å²) in [5.41, 5.74) is 3.55. The fourth-order valence-corrected chi connectivity index (χ4v) is 4.56. The number of hydrogen-bond donors (Lipinski definition) is 1. The van der Waals surface area contributed by atoms with Gasteiger partial charge in [-0.3, -0.25) is 14.2 Å². The zero-order valence-corrected chi connectivity index (χ0v) is 18.1. The van der Waals surface area contributed by atoms with E-state index in [1.54, 1.807) is 9.47 Å². The topological polar surface area (TPSA) is 71.0 Å². The van der Waals surface area contributed by atoms with Crippen LogP contribution in [0.5, 0.6) is 0 Å². The molecule has 6 nitrogen and oxygen atoms in total. The van der Waals surface area contributed by atoms with Crippen molar-refractivity contribution >= 4 is 39.6 Å². The molecule has 30 heavy (non-hydrogen) atoms. The molecule has 0 bridgehead atoms. The zero-order valence-electron chi connectivity index (χ0n) is 17.3. The first kappa shape index (κ1) is 20.2. The summed E-state index contributed by atoms with van der Waals surface area (Å²) in [4.78, 5) is 36.0. The zero-order chi connectivity index (χ0) is 21.3. The van der Waals surface area contributed by atoms with Crippen LogP contribution < -0.4 is 5.56 Å². The number of thioether (sulfide) groups is 1. The molecule has 2 heterocycles. The van der Waals surface area contributed by atoms with E-state index >= 15 is 0 Å². The summed E-state index contributed by atoms with van der Waals surface area (Å²) in [6, 6.07) is 15.5. The third-order valence-corrected chi connectivity index (χ3v) is 6.21. The Hall–Kier alpha value is -3.06. The van der Waals surface area contributed by atoms with Gasteiger partial charge in [0.05, 0.1) is 11.4 Å². The van der Waals surface area contributed by atoms with Crippen molar-refractivity contribution in [1.29, 1.82) is 0 Å². The Balaban J connectivity index is 1.90. The summed E-state index contributed by atoms with van der Waals surface area (Å²) in [5, 5.41) is 1.42. The largest absolute Gasteiger partial charge is 0.349 e. The normalized spacial score (nSPS) is 11.3. The van der Waals surface area contributed by atoms with E-state index in [2.05, 4.69) is 4.98 Å². The molecule has 154 valence electrons. The van der Waals surface area contributed by atoms with Gasteiger partial charge in [0, 0.05) is 24.0 Å². The van der Waals surface area contributed by atoms with Gasteiger partial charge < -0.3 is 9.88 Å². The molecule has 7 heteroatoms. The first-order valence-corrected chi connectivity index (χ1v) is 11.0. The number of hydrogen-bond acceptors (Lipinski definition) is 4. The molecule has 1 amide bonds. The average molecular weight is 421 g/mol. The van der Waals surface area contributed by atoms with Crippen LogP contribution in [0.25, 0.3) is 27.6 Å². The van der Waals surface area contributed by atoms with Crippen LogP contribution in [0.15, 0.2) is 58.5 Å². The van der Waals surface area contributed by atoms with Gasteiger partial charge in [0.15, 0.2) is 5.16 Å². The number of nitrogens with zero attached hydrogens (tertiary/aromatic N) is 3. The molecule has 0 aliphatic carbocycles. The molecule has 0 saturated heterocycles. The molecule has 0 atom stereocenters. The first-order chi connectivity index (χ1) is 14.5. The number of rotatable bonds is 6. The van der Waals surface area contributed by atoms with Crippen molar-refractivity contribution in [3.63, 3.8) is 0 Å². The van der Waals surface area contributed by atoms with Crippen molar-refractivity contribution in [1.82, 2.24) is 19.4 Å². The van der Waals surface area contributed by atoms with Crippen LogP contribution in [0.4, 0.5) is 0 Å². The summed E-state index contributed by atoms with van der Waals surface area (Å²) >= 11 is 1.31. The first-order valence-electron chi connectivity index (χ1n) is 10.0. The number of carbonyl (C=O) groups is 1. The van der Waals surface area contributed by atoms with E-state index in [0.717, 1.165) is 22.2 Å². The van der Waals surface area contributed by atoms with Gasteiger partial charge in [-0.1, -0.05) is 48.2 Å². The molecule has 0 radical (unpaired) electrons. The Labute approximate surface area is 178 Å². The Morgan fingerprint density at radius 2 is 1.80 bits per heavy atom. The molecule has 0 aliphatic rings. The summed E-state index contributed by atoms with van der Waals surface area (Å²) in [7, 11) is 0. The number of H-pyrrole nitrogens is 1. The second kappa shape index (κ2) is 8.36. The lowest BCUT2D eigenvalue weighted by molar-refractivity contribution is -0.127. The van der Waals surface area contributed by atoms with Gasteiger partial charge in [0.1, 0.15) is 11.0 Å². The summed E-state index contributed by atoms with van der Waals surface area (Å²) in [5.74, 6) is 0.267. The van der Waals surface area contributed by atoms with Crippen molar-refractivity contribution in [2.45, 2.75) is 25.9 Å². The molecule has 4 rings (SSSR count). The van der Waals surface area contributed by atoms with E-state index < -0.39 is 0 Å². The Bertz CT molecular complexity index is 1290. The highest BCUT2D eigenvalue weighted by atomic mass is 32.2. The average Bonchev–Trinajstić information content (AvgIpc) is 3.13. The molecule has 0 fully saturated rings. The molecule has 0 aliphatic heterocycles. The smallest absolute Gasteiger partial charge is 0.283 e. The highest BCUT2D eigenvalue weighted by molar-refractivity contribution is 7.99. The lowest BCUT2D eigenvalue weighted by atomic mass is 10.2. The van der Waals surface area contributed by atoms with E-state index in [4.69, 9.17) is 4.98 Å². The molecule has 1 N–H and O–H groups in total. The van der Waals surface area contributed by atoms with E-state index in [9.17, 15) is 9.59 Å². The van der Waals surface area contributed by atoms with Gasteiger partial charge in [-0.15, -0.1) is 0 Å². The van der Waals surface area contributed by atoms with E-state index in [1.807, 2.05) is 69.3 Å². The molecule has 0 saturated carbocycles. The van der Waals surface area contributed by atoms with Gasteiger partial charge in [-0.2, -0.15) is 0 Å². The highest BCUT2D eigenvalue weighted by Gasteiger charge is 2.19. The number of carbonyl (C=O) groups excluding carboxylic acids is 1. The fourth-order valence-electron chi connectivity index (χ4n) is 3.66. The van der Waals surface area contributed by atoms with Crippen LogP contribution in [-0.4, -0.2) is 44.2 Å². The standard InChI is InChI=1S/C23H24N4O2S/c1-4-26(5-2)19(28)14-30-23-25-20-16-11-7-8-12-17(16)24-21(20)22(29)27(23)18-13-9-6-10-15(18)3/h6-13,24H,4-5,14H2,1-3H3. The maximum Gasteiger partial charge on any atom is 0.283 e. The summed E-state index contributed by atoms with van der Waals surface area (Å²) < 4.78 is 1.62. The van der Waals surface area contributed by atoms with Crippen LogP contribution >= 0.6 is 11.8 Å². The van der Waals surface area contributed by atoms with Crippen LogP contribution in [0, 0.1) is 6.92 Å². The van der Waals surface area contributed by atoms with Crippen molar-refractivity contribution < 1.29 is 4.79 Å². The number of amides is 1. The van der Waals surface area contributed by atoms with E-state index in [1.165, 1.54) is 11.8 Å². The minimum atomic E-state index is -0.164. The van der Waals surface area contributed by atoms with Crippen LogP contribution in [0.2, 0.25) is 0 Å². The minimum absolute atomic E-state index is 0.0367. The number of benzene rings is 2. The van der Waals surface area contributed by atoms with E-state index in [0.29, 0.717) is 29.3 Å². The monoisotopic (exact) mass is 420 g/mol. The Morgan fingerprint density at radius 3 is 2.53 bits per heavy atom. The molecule has 2 aromatic carbocycles. The second-order valence-corrected chi connectivity index (χ2v) is 8.01.